The van der Waals surface area contributed by atoms with Crippen LogP contribution in [0.2, 0.25) is 0 Å². The lowest BCUT2D eigenvalue weighted by molar-refractivity contribution is -0.119. The topological polar surface area (TPSA) is 64.0 Å². The summed E-state index contributed by atoms with van der Waals surface area (Å²) in [5.74, 6) is 0.164. The van der Waals surface area contributed by atoms with Crippen molar-refractivity contribution < 1.29 is 4.79 Å². The summed E-state index contributed by atoms with van der Waals surface area (Å²) in [5.41, 5.74) is 0.633. The van der Waals surface area contributed by atoms with Gasteiger partial charge in [0.25, 0.3) is 5.56 Å². The number of hydrogen-bond acceptors (Lipinski definition) is 5. The number of para-hydroxylation sites is 1. The number of hydrogen-bond donors (Lipinski definition) is 1. The van der Waals surface area contributed by atoms with E-state index < -0.39 is 0 Å². The number of aromatic nitrogens is 2. The molecule has 2 heterocycles. The molecule has 5 nitrogen and oxygen atoms in total. The first kappa shape index (κ1) is 19.6. The molecule has 0 saturated heterocycles. The number of thiophene rings is 1. The maximum absolute atomic E-state index is 12.8. The fourth-order valence-corrected chi connectivity index (χ4v) is 4.36. The second-order valence-corrected chi connectivity index (χ2v) is 8.24. The van der Waals surface area contributed by atoms with Gasteiger partial charge in [-0.2, -0.15) is 0 Å². The van der Waals surface area contributed by atoms with E-state index in [4.69, 9.17) is 0 Å². The highest BCUT2D eigenvalue weighted by molar-refractivity contribution is 7.99. The van der Waals surface area contributed by atoms with Crippen LogP contribution in [0.25, 0.3) is 10.9 Å². The van der Waals surface area contributed by atoms with Crippen molar-refractivity contribution >= 4 is 39.9 Å². The Morgan fingerprint density at radius 2 is 2.11 bits per heavy atom. The van der Waals surface area contributed by atoms with E-state index in [9.17, 15) is 9.59 Å². The molecule has 0 aliphatic heterocycles. The highest BCUT2D eigenvalue weighted by atomic mass is 32.2. The number of rotatable bonds is 8. The zero-order valence-corrected chi connectivity index (χ0v) is 17.1. The van der Waals surface area contributed by atoms with Crippen LogP contribution in [0.3, 0.4) is 0 Å². The SMILES string of the molecule is CCCCn1c(SCC(=O)N[C@@H](C)c2cccs2)nc2ccccc2c1=O. The molecule has 1 N–H and O–H groups in total. The second kappa shape index (κ2) is 9.19. The molecule has 0 unspecified atom stereocenters. The normalized spacial score (nSPS) is 12.2. The lowest BCUT2D eigenvalue weighted by Crippen LogP contribution is -2.28. The zero-order chi connectivity index (χ0) is 19.2. The van der Waals surface area contributed by atoms with Gasteiger partial charge in [-0.1, -0.05) is 43.3 Å². The Morgan fingerprint density at radius 1 is 1.30 bits per heavy atom. The van der Waals surface area contributed by atoms with Gasteiger partial charge in [-0.3, -0.25) is 14.2 Å². The van der Waals surface area contributed by atoms with Crippen LogP contribution in [0.1, 0.15) is 37.6 Å². The highest BCUT2D eigenvalue weighted by Gasteiger charge is 2.15. The van der Waals surface area contributed by atoms with E-state index >= 15 is 0 Å². The lowest BCUT2D eigenvalue weighted by atomic mass is 10.2. The molecule has 27 heavy (non-hydrogen) atoms. The van der Waals surface area contributed by atoms with Crippen LogP contribution in [-0.4, -0.2) is 21.2 Å². The Kier molecular flexibility index (Phi) is 6.68. The van der Waals surface area contributed by atoms with E-state index in [0.717, 1.165) is 17.7 Å². The van der Waals surface area contributed by atoms with Gasteiger partial charge in [-0.05, 0) is 36.9 Å². The molecule has 1 aromatic carbocycles. The van der Waals surface area contributed by atoms with Crippen LogP contribution in [0, 0.1) is 0 Å². The molecular formula is C20H23N3O2S2. The minimum Gasteiger partial charge on any atom is -0.348 e. The van der Waals surface area contributed by atoms with Crippen LogP contribution in [0.4, 0.5) is 0 Å². The number of thioether (sulfide) groups is 1. The summed E-state index contributed by atoms with van der Waals surface area (Å²) in [6.45, 7) is 4.67. The van der Waals surface area contributed by atoms with Gasteiger partial charge in [0.05, 0.1) is 22.7 Å². The molecule has 0 fully saturated rings. The lowest BCUT2D eigenvalue weighted by Gasteiger charge is -2.14. The molecule has 3 aromatic rings. The van der Waals surface area contributed by atoms with E-state index in [1.54, 1.807) is 22.0 Å². The van der Waals surface area contributed by atoms with Gasteiger partial charge >= 0.3 is 0 Å². The zero-order valence-electron chi connectivity index (χ0n) is 15.5. The predicted molar refractivity (Wildman–Crippen MR) is 113 cm³/mol. The maximum atomic E-state index is 12.8. The smallest absolute Gasteiger partial charge is 0.262 e. The molecule has 7 heteroatoms. The van der Waals surface area contributed by atoms with Crippen LogP contribution in [0.15, 0.2) is 51.7 Å². The number of carbonyl (C=O) groups is 1. The van der Waals surface area contributed by atoms with Gasteiger partial charge in [0.1, 0.15) is 0 Å². The third kappa shape index (κ3) is 4.78. The van der Waals surface area contributed by atoms with Gasteiger partial charge in [0, 0.05) is 11.4 Å². The Bertz CT molecular complexity index is 967. The van der Waals surface area contributed by atoms with Crippen molar-refractivity contribution in [2.24, 2.45) is 0 Å². The summed E-state index contributed by atoms with van der Waals surface area (Å²) in [7, 11) is 0. The molecule has 142 valence electrons. The van der Waals surface area contributed by atoms with Crippen molar-refractivity contribution in [3.8, 4) is 0 Å². The van der Waals surface area contributed by atoms with Gasteiger partial charge in [0.15, 0.2) is 5.16 Å². The number of nitrogens with one attached hydrogen (secondary N) is 1. The summed E-state index contributed by atoms with van der Waals surface area (Å²) >= 11 is 2.94. The Hall–Kier alpha value is -2.12. The number of amides is 1. The largest absolute Gasteiger partial charge is 0.348 e. The summed E-state index contributed by atoms with van der Waals surface area (Å²) in [5, 5.41) is 6.22. The molecule has 1 amide bonds. The van der Waals surface area contributed by atoms with Crippen LogP contribution in [-0.2, 0) is 11.3 Å². The maximum Gasteiger partial charge on any atom is 0.262 e. The van der Waals surface area contributed by atoms with Crippen LogP contribution < -0.4 is 10.9 Å². The number of carbonyl (C=O) groups excluding carboxylic acids is 1. The number of unbranched alkanes of at least 4 members (excludes halogenated alkanes) is 1. The van der Waals surface area contributed by atoms with Crippen LogP contribution in [0.5, 0.6) is 0 Å². The van der Waals surface area contributed by atoms with Crippen molar-refractivity contribution in [3.05, 3.63) is 57.0 Å². The molecule has 0 aliphatic rings. The van der Waals surface area contributed by atoms with Gasteiger partial charge in [-0.25, -0.2) is 4.98 Å². The highest BCUT2D eigenvalue weighted by Crippen LogP contribution is 2.20. The summed E-state index contributed by atoms with van der Waals surface area (Å²) in [6.07, 6.45) is 1.89. The quantitative estimate of drug-likeness (QED) is 0.453. The molecule has 3 rings (SSSR count). The molecule has 0 spiro atoms. The third-order valence-corrected chi connectivity index (χ3v) is 6.27. The fourth-order valence-electron chi connectivity index (χ4n) is 2.79. The van der Waals surface area contributed by atoms with Crippen molar-refractivity contribution in [2.45, 2.75) is 44.4 Å². The molecule has 0 aliphatic carbocycles. The Morgan fingerprint density at radius 3 is 2.85 bits per heavy atom. The van der Waals surface area contributed by atoms with E-state index in [1.807, 2.05) is 42.6 Å². The fraction of sp³-hybridized carbons (Fsp3) is 0.350. The molecule has 2 aromatic heterocycles. The Balaban J connectivity index is 1.76. The average Bonchev–Trinajstić information content (AvgIpc) is 3.21. The molecule has 0 bridgehead atoms. The standard InChI is InChI=1S/C20H23N3O2S2/c1-3-4-11-23-19(25)15-8-5-6-9-16(15)22-20(23)27-13-18(24)21-14(2)17-10-7-12-26-17/h5-10,12,14H,3-4,11,13H2,1-2H3,(H,21,24)/t14-/m0/s1. The summed E-state index contributed by atoms with van der Waals surface area (Å²) < 4.78 is 1.70. The first-order valence-electron chi connectivity index (χ1n) is 9.05. The number of fused-ring (bicyclic) bond motifs is 1. The van der Waals surface area contributed by atoms with E-state index in [1.165, 1.54) is 11.8 Å². The summed E-state index contributed by atoms with van der Waals surface area (Å²) in [6, 6.07) is 11.3. The molecule has 1 atom stereocenters. The third-order valence-electron chi connectivity index (χ3n) is 4.24. The first-order valence-corrected chi connectivity index (χ1v) is 10.9. The molecular weight excluding hydrogens is 378 g/mol. The van der Waals surface area contributed by atoms with Crippen LogP contribution >= 0.6 is 23.1 Å². The van der Waals surface area contributed by atoms with Crippen molar-refractivity contribution in [3.63, 3.8) is 0 Å². The van der Waals surface area contributed by atoms with Crippen molar-refractivity contribution in [1.82, 2.24) is 14.9 Å². The second-order valence-electron chi connectivity index (χ2n) is 6.32. The first-order chi connectivity index (χ1) is 13.1. The predicted octanol–water partition coefficient (Wildman–Crippen LogP) is 4.23. The van der Waals surface area contributed by atoms with Gasteiger partial charge in [0.2, 0.25) is 5.91 Å². The summed E-state index contributed by atoms with van der Waals surface area (Å²) in [4.78, 5) is 31.0. The monoisotopic (exact) mass is 401 g/mol. The molecule has 0 radical (unpaired) electrons. The minimum atomic E-state index is -0.0645. The van der Waals surface area contributed by atoms with E-state index in [2.05, 4.69) is 17.2 Å². The van der Waals surface area contributed by atoms with Crippen molar-refractivity contribution in [1.29, 1.82) is 0 Å². The van der Waals surface area contributed by atoms with E-state index in [-0.39, 0.29) is 23.3 Å². The van der Waals surface area contributed by atoms with Gasteiger partial charge in [-0.15, -0.1) is 11.3 Å². The number of benzene rings is 1. The molecule has 0 saturated carbocycles. The number of nitrogens with zero attached hydrogens (tertiary/aromatic N) is 2. The van der Waals surface area contributed by atoms with E-state index in [0.29, 0.717) is 22.6 Å². The average molecular weight is 402 g/mol. The van der Waals surface area contributed by atoms with Crippen molar-refractivity contribution in [2.75, 3.05) is 5.75 Å². The minimum absolute atomic E-state index is 0.0232. The van der Waals surface area contributed by atoms with Gasteiger partial charge < -0.3 is 5.32 Å². The Labute approximate surface area is 166 Å².